The third kappa shape index (κ3) is 3.48. The molecule has 2 N–H and O–H groups in total. The first kappa shape index (κ1) is 12.5. The minimum atomic E-state index is -3.03. The van der Waals surface area contributed by atoms with E-state index in [4.69, 9.17) is 5.11 Å². The first-order valence-electron chi connectivity index (χ1n) is 5.89. The molecule has 0 aromatic heterocycles. The molecule has 0 saturated heterocycles. The Balaban J connectivity index is 1.90. The van der Waals surface area contributed by atoms with Crippen molar-refractivity contribution in [1.82, 2.24) is 5.32 Å². The van der Waals surface area contributed by atoms with Crippen LogP contribution >= 0.6 is 0 Å². The third-order valence-electron chi connectivity index (χ3n) is 3.00. The summed E-state index contributed by atoms with van der Waals surface area (Å²) in [4.78, 5) is 0. The van der Waals surface area contributed by atoms with Gasteiger partial charge in [0.2, 0.25) is 0 Å². The van der Waals surface area contributed by atoms with Crippen molar-refractivity contribution in [2.45, 2.75) is 31.2 Å². The number of aliphatic hydroxyl groups excluding tert-OH is 1. The van der Waals surface area contributed by atoms with E-state index >= 15 is 0 Å². The van der Waals surface area contributed by atoms with Crippen LogP contribution in [-0.2, 0) is 6.54 Å². The Kier molecular flexibility index (Phi) is 3.74. The summed E-state index contributed by atoms with van der Waals surface area (Å²) < 4.78 is 25.6. The number of aliphatic hydroxyl groups is 1. The van der Waals surface area contributed by atoms with Crippen LogP contribution in [0.2, 0.25) is 0 Å². The monoisotopic (exact) mass is 241 g/mol. The lowest BCUT2D eigenvalue weighted by molar-refractivity contribution is -0.0477. The van der Waals surface area contributed by atoms with Gasteiger partial charge in [0.05, 0.1) is 6.54 Å². The van der Waals surface area contributed by atoms with Crippen molar-refractivity contribution >= 4 is 0 Å². The van der Waals surface area contributed by atoms with Crippen molar-refractivity contribution in [2.24, 2.45) is 0 Å². The maximum absolute atomic E-state index is 12.8. The van der Waals surface area contributed by atoms with Crippen LogP contribution in [-0.4, -0.2) is 24.2 Å². The highest BCUT2D eigenvalue weighted by atomic mass is 19.3. The van der Waals surface area contributed by atoms with Crippen molar-refractivity contribution in [3.8, 4) is 0 Å². The second-order valence-electron chi connectivity index (χ2n) is 4.59. The molecular formula is C13H17F2NO. The second-order valence-corrected chi connectivity index (χ2v) is 4.59. The molecule has 0 atom stereocenters. The smallest absolute Gasteiger partial charge is 0.282 e. The summed E-state index contributed by atoms with van der Waals surface area (Å²) in [6.07, 6.45) is 2.40. The molecule has 1 aromatic carbocycles. The minimum Gasteiger partial charge on any atom is -0.390 e. The van der Waals surface area contributed by atoms with E-state index in [0.29, 0.717) is 12.5 Å². The van der Waals surface area contributed by atoms with E-state index in [2.05, 4.69) is 11.4 Å². The van der Waals surface area contributed by atoms with Crippen LogP contribution in [0.5, 0.6) is 0 Å². The number of benzene rings is 1. The van der Waals surface area contributed by atoms with E-state index in [9.17, 15) is 8.78 Å². The predicted octanol–water partition coefficient (Wildman–Crippen LogP) is 2.28. The average Bonchev–Trinajstić information content (AvgIpc) is 3.14. The lowest BCUT2D eigenvalue weighted by Gasteiger charge is -2.15. The Bertz CT molecular complexity index is 377. The first-order chi connectivity index (χ1) is 8.12. The van der Waals surface area contributed by atoms with Gasteiger partial charge in [-0.05, 0) is 29.9 Å². The zero-order valence-corrected chi connectivity index (χ0v) is 9.63. The normalized spacial score (nSPS) is 16.2. The molecule has 17 heavy (non-hydrogen) atoms. The van der Waals surface area contributed by atoms with Crippen LogP contribution < -0.4 is 5.32 Å². The van der Waals surface area contributed by atoms with Gasteiger partial charge in [-0.1, -0.05) is 24.3 Å². The van der Waals surface area contributed by atoms with Gasteiger partial charge in [-0.3, -0.25) is 0 Å². The summed E-state index contributed by atoms with van der Waals surface area (Å²) in [5.74, 6) is -2.42. The van der Waals surface area contributed by atoms with Gasteiger partial charge < -0.3 is 10.4 Å². The summed E-state index contributed by atoms with van der Waals surface area (Å²) >= 11 is 0. The molecule has 2 rings (SSSR count). The minimum absolute atomic E-state index is 0.433. The molecular weight excluding hydrogens is 224 g/mol. The Morgan fingerprint density at radius 1 is 1.29 bits per heavy atom. The van der Waals surface area contributed by atoms with E-state index in [1.165, 1.54) is 18.4 Å². The number of nitrogens with one attached hydrogen (secondary N) is 1. The van der Waals surface area contributed by atoms with Gasteiger partial charge in [0, 0.05) is 6.54 Å². The quantitative estimate of drug-likeness (QED) is 0.801. The van der Waals surface area contributed by atoms with Gasteiger partial charge in [-0.15, -0.1) is 0 Å². The zero-order valence-electron chi connectivity index (χ0n) is 9.63. The standard InChI is InChI=1S/C13H17F2NO/c14-13(15,9-17)8-16-7-11-3-1-2-4-12(11)10-5-6-10/h1-4,10,16-17H,5-9H2. The van der Waals surface area contributed by atoms with Crippen LogP contribution in [0, 0.1) is 0 Å². The van der Waals surface area contributed by atoms with Crippen LogP contribution in [0.15, 0.2) is 24.3 Å². The molecule has 0 amide bonds. The number of hydrogen-bond acceptors (Lipinski definition) is 2. The van der Waals surface area contributed by atoms with Gasteiger partial charge in [0.15, 0.2) is 0 Å². The Morgan fingerprint density at radius 3 is 2.65 bits per heavy atom. The topological polar surface area (TPSA) is 32.3 Å². The Morgan fingerprint density at radius 2 is 2.00 bits per heavy atom. The Hall–Kier alpha value is -1.00. The fraction of sp³-hybridized carbons (Fsp3) is 0.538. The SMILES string of the molecule is OCC(F)(F)CNCc1ccccc1C1CC1. The van der Waals surface area contributed by atoms with E-state index in [1.54, 1.807) is 0 Å². The predicted molar refractivity (Wildman–Crippen MR) is 62.2 cm³/mol. The summed E-state index contributed by atoms with van der Waals surface area (Å²) in [6, 6.07) is 7.95. The molecule has 0 radical (unpaired) electrons. The molecule has 0 spiro atoms. The molecule has 2 nitrogen and oxygen atoms in total. The van der Waals surface area contributed by atoms with Crippen LogP contribution in [0.25, 0.3) is 0 Å². The second kappa shape index (κ2) is 5.10. The van der Waals surface area contributed by atoms with Crippen molar-refractivity contribution in [2.75, 3.05) is 13.2 Å². The summed E-state index contributed by atoms with van der Waals surface area (Å²) in [7, 11) is 0. The van der Waals surface area contributed by atoms with Gasteiger partial charge in [0.1, 0.15) is 6.61 Å². The lowest BCUT2D eigenvalue weighted by Crippen LogP contribution is -2.35. The fourth-order valence-electron chi connectivity index (χ4n) is 1.92. The number of hydrogen-bond donors (Lipinski definition) is 2. The highest BCUT2D eigenvalue weighted by molar-refractivity contribution is 5.33. The van der Waals surface area contributed by atoms with Crippen LogP contribution in [0.4, 0.5) is 8.78 Å². The van der Waals surface area contributed by atoms with Crippen molar-refractivity contribution in [3.05, 3.63) is 35.4 Å². The maximum Gasteiger partial charge on any atom is 0.282 e. The summed E-state index contributed by atoms with van der Waals surface area (Å²) in [5, 5.41) is 11.2. The molecule has 0 unspecified atom stereocenters. The molecule has 0 heterocycles. The van der Waals surface area contributed by atoms with E-state index in [-0.39, 0.29) is 0 Å². The number of alkyl halides is 2. The molecule has 0 aliphatic heterocycles. The molecule has 1 aliphatic carbocycles. The zero-order chi connectivity index (χ0) is 12.3. The van der Waals surface area contributed by atoms with Gasteiger partial charge >= 0.3 is 0 Å². The summed E-state index contributed by atoms with van der Waals surface area (Å²) in [6.45, 7) is -1.16. The number of rotatable bonds is 6. The highest BCUT2D eigenvalue weighted by Gasteiger charge is 2.28. The van der Waals surface area contributed by atoms with Gasteiger partial charge in [-0.25, -0.2) is 8.78 Å². The molecule has 94 valence electrons. The van der Waals surface area contributed by atoms with Crippen LogP contribution in [0.1, 0.15) is 29.9 Å². The third-order valence-corrected chi connectivity index (χ3v) is 3.00. The van der Waals surface area contributed by atoms with Crippen molar-refractivity contribution < 1.29 is 13.9 Å². The van der Waals surface area contributed by atoms with Crippen molar-refractivity contribution in [1.29, 1.82) is 0 Å². The Labute approximate surface area is 99.7 Å². The highest BCUT2D eigenvalue weighted by Crippen LogP contribution is 2.41. The van der Waals surface area contributed by atoms with Gasteiger partial charge in [-0.2, -0.15) is 0 Å². The molecule has 1 aromatic rings. The molecule has 1 fully saturated rings. The lowest BCUT2D eigenvalue weighted by atomic mass is 10.0. The molecule has 0 bridgehead atoms. The maximum atomic E-state index is 12.8. The number of halogens is 2. The average molecular weight is 241 g/mol. The largest absolute Gasteiger partial charge is 0.390 e. The van der Waals surface area contributed by atoms with Crippen LogP contribution in [0.3, 0.4) is 0 Å². The summed E-state index contributed by atoms with van der Waals surface area (Å²) in [5.41, 5.74) is 2.36. The molecule has 1 aliphatic rings. The van der Waals surface area contributed by atoms with Crippen molar-refractivity contribution in [3.63, 3.8) is 0 Å². The first-order valence-corrected chi connectivity index (χ1v) is 5.89. The molecule has 1 saturated carbocycles. The van der Waals surface area contributed by atoms with E-state index in [1.807, 2.05) is 18.2 Å². The van der Waals surface area contributed by atoms with E-state index in [0.717, 1.165) is 5.56 Å². The van der Waals surface area contributed by atoms with E-state index < -0.39 is 19.1 Å². The molecule has 4 heteroatoms. The fourth-order valence-corrected chi connectivity index (χ4v) is 1.92. The van der Waals surface area contributed by atoms with Gasteiger partial charge in [0.25, 0.3) is 5.92 Å².